The first kappa shape index (κ1) is 28.3. The number of aromatic amines is 1. The van der Waals surface area contributed by atoms with Gasteiger partial charge in [-0.15, -0.1) is 0 Å². The number of aromatic nitrogens is 3. The number of hydrogen-bond donors (Lipinski definition) is 1. The number of hydrogen-bond acceptors (Lipinski definition) is 7. The van der Waals surface area contributed by atoms with Crippen LogP contribution in [-0.4, -0.2) is 58.5 Å². The molecule has 1 fully saturated rings. The highest BCUT2D eigenvalue weighted by atomic mass is 19.4. The molecule has 39 heavy (non-hydrogen) atoms. The molecule has 0 bridgehead atoms. The average molecular weight is 547 g/mol. The van der Waals surface area contributed by atoms with Crippen LogP contribution in [0.1, 0.15) is 63.3 Å². The first-order valence-electron chi connectivity index (χ1n) is 13.0. The van der Waals surface area contributed by atoms with Crippen molar-refractivity contribution in [2.45, 2.75) is 59.2 Å². The van der Waals surface area contributed by atoms with Gasteiger partial charge in [-0.2, -0.15) is 18.2 Å². The molecule has 0 spiro atoms. The second-order valence-corrected chi connectivity index (χ2v) is 9.71. The average Bonchev–Trinajstić information content (AvgIpc) is 3.55. The summed E-state index contributed by atoms with van der Waals surface area (Å²) in [6.07, 6.45) is 1.47. The Labute approximate surface area is 224 Å². The molecule has 1 aliphatic rings. The Hall–Kier alpha value is -3.76. The van der Waals surface area contributed by atoms with Crippen LogP contribution in [-0.2, 0) is 4.74 Å². The fourth-order valence-corrected chi connectivity index (χ4v) is 4.74. The molecule has 8 nitrogen and oxygen atoms in total. The Morgan fingerprint density at radius 3 is 2.72 bits per heavy atom. The molecular formula is C28H33F3N4O4. The number of likely N-dealkylation sites (tertiary alicyclic amines) is 1. The molecule has 2 atom stereocenters. The summed E-state index contributed by atoms with van der Waals surface area (Å²) in [4.78, 5) is 21.5. The fraction of sp³-hybridized carbons (Fsp3) is 0.464. The van der Waals surface area contributed by atoms with Crippen molar-refractivity contribution in [3.8, 4) is 17.1 Å². The Bertz CT molecular complexity index is 1390. The van der Waals surface area contributed by atoms with Crippen LogP contribution in [0.15, 0.2) is 40.6 Å². The maximum absolute atomic E-state index is 13.7. The predicted molar refractivity (Wildman–Crippen MR) is 141 cm³/mol. The summed E-state index contributed by atoms with van der Waals surface area (Å²) in [5.41, 5.74) is 2.26. The molecule has 1 aliphatic heterocycles. The second kappa shape index (κ2) is 11.5. The summed E-state index contributed by atoms with van der Waals surface area (Å²) in [5, 5.41) is 4.80. The molecule has 210 valence electrons. The first-order chi connectivity index (χ1) is 18.5. The van der Waals surface area contributed by atoms with Crippen molar-refractivity contribution in [2.75, 3.05) is 20.3 Å². The number of piperidine rings is 1. The third kappa shape index (κ3) is 6.12. The molecule has 11 heteroatoms. The third-order valence-corrected chi connectivity index (χ3v) is 7.01. The standard InChI is InChI=1S/C28H33F3N4O4/c1-6-38-27(36)22-14-19-13-20(24(37-5)15-21(19)32-22)25-33-26(39-34-25)16(2)10-11-23(18(4)28(29,30)31)35-12-8-7-9-17(35)3/h10-11,13-15,17-18,32H,6-9,12H2,1-5H3. The zero-order valence-corrected chi connectivity index (χ0v) is 22.7. The molecule has 0 amide bonds. The van der Waals surface area contributed by atoms with Crippen molar-refractivity contribution in [2.24, 2.45) is 5.92 Å². The number of nitrogens with zero attached hydrogens (tertiary/aromatic N) is 3. The number of esters is 1. The van der Waals surface area contributed by atoms with Gasteiger partial charge in [0.15, 0.2) is 0 Å². The third-order valence-electron chi connectivity index (χ3n) is 7.01. The highest BCUT2D eigenvalue weighted by Gasteiger charge is 2.41. The van der Waals surface area contributed by atoms with Gasteiger partial charge >= 0.3 is 12.1 Å². The Balaban J connectivity index is 1.66. The molecule has 2 unspecified atom stereocenters. The van der Waals surface area contributed by atoms with Crippen LogP contribution in [0.3, 0.4) is 0 Å². The number of carbonyl (C=O) groups excluding carboxylic acids is 1. The lowest BCUT2D eigenvalue weighted by Gasteiger charge is -2.39. The number of rotatable bonds is 8. The van der Waals surface area contributed by atoms with Gasteiger partial charge in [0.05, 0.1) is 25.2 Å². The number of halogens is 3. The van der Waals surface area contributed by atoms with E-state index in [0.29, 0.717) is 34.6 Å². The molecule has 1 saturated heterocycles. The van der Waals surface area contributed by atoms with E-state index >= 15 is 0 Å². The van der Waals surface area contributed by atoms with Gasteiger partial charge in [0.25, 0.3) is 5.89 Å². The first-order valence-corrected chi connectivity index (χ1v) is 13.0. The van der Waals surface area contributed by atoms with Crippen molar-refractivity contribution in [3.05, 3.63) is 47.6 Å². The van der Waals surface area contributed by atoms with Crippen LogP contribution >= 0.6 is 0 Å². The van der Waals surface area contributed by atoms with Gasteiger partial charge in [0, 0.05) is 40.8 Å². The van der Waals surface area contributed by atoms with E-state index in [9.17, 15) is 18.0 Å². The summed E-state index contributed by atoms with van der Waals surface area (Å²) >= 11 is 0. The summed E-state index contributed by atoms with van der Waals surface area (Å²) in [5.74, 6) is -1.21. The molecule has 0 radical (unpaired) electrons. The minimum atomic E-state index is -4.36. The van der Waals surface area contributed by atoms with Crippen molar-refractivity contribution in [3.63, 3.8) is 0 Å². The number of benzene rings is 1. The molecular weight excluding hydrogens is 513 g/mol. The Morgan fingerprint density at radius 1 is 1.28 bits per heavy atom. The lowest BCUT2D eigenvalue weighted by Crippen LogP contribution is -2.41. The van der Waals surface area contributed by atoms with Crippen molar-refractivity contribution in [1.29, 1.82) is 0 Å². The highest BCUT2D eigenvalue weighted by molar-refractivity contribution is 5.97. The normalized spacial score (nSPS) is 17.9. The zero-order valence-electron chi connectivity index (χ0n) is 22.7. The van der Waals surface area contributed by atoms with E-state index in [2.05, 4.69) is 15.1 Å². The quantitative estimate of drug-likeness (QED) is 0.246. The Kier molecular flexibility index (Phi) is 8.36. The lowest BCUT2D eigenvalue weighted by atomic mass is 9.97. The molecule has 2 aromatic heterocycles. The summed E-state index contributed by atoms with van der Waals surface area (Å²) in [6, 6.07) is 5.18. The predicted octanol–water partition coefficient (Wildman–Crippen LogP) is 6.76. The number of alkyl halides is 3. The topological polar surface area (TPSA) is 93.5 Å². The van der Waals surface area contributed by atoms with Gasteiger partial charge in [0.2, 0.25) is 5.82 Å². The fourth-order valence-electron chi connectivity index (χ4n) is 4.74. The molecule has 4 rings (SSSR count). The van der Waals surface area contributed by atoms with Crippen molar-refractivity contribution in [1.82, 2.24) is 20.0 Å². The molecule has 0 aliphatic carbocycles. The van der Waals surface area contributed by atoms with E-state index in [1.165, 1.54) is 20.1 Å². The number of fused-ring (bicyclic) bond motifs is 1. The van der Waals surface area contributed by atoms with Gasteiger partial charge in [-0.05, 0) is 65.2 Å². The largest absolute Gasteiger partial charge is 0.496 e. The van der Waals surface area contributed by atoms with E-state index in [1.807, 2.05) is 11.8 Å². The van der Waals surface area contributed by atoms with Gasteiger partial charge < -0.3 is 23.9 Å². The van der Waals surface area contributed by atoms with Crippen LogP contribution in [0, 0.1) is 5.92 Å². The number of carbonyl (C=O) groups is 1. The van der Waals surface area contributed by atoms with Crippen LogP contribution in [0.4, 0.5) is 13.2 Å². The number of H-pyrrole nitrogens is 1. The van der Waals surface area contributed by atoms with E-state index < -0.39 is 18.1 Å². The van der Waals surface area contributed by atoms with Crippen molar-refractivity contribution < 1.29 is 32.0 Å². The zero-order chi connectivity index (χ0) is 28.3. The van der Waals surface area contributed by atoms with E-state index in [0.717, 1.165) is 24.6 Å². The Morgan fingerprint density at radius 2 is 2.05 bits per heavy atom. The minimum absolute atomic E-state index is 0.0265. The highest BCUT2D eigenvalue weighted by Crippen LogP contribution is 2.37. The van der Waals surface area contributed by atoms with E-state index in [1.54, 1.807) is 38.1 Å². The van der Waals surface area contributed by atoms with Crippen LogP contribution in [0.2, 0.25) is 0 Å². The molecule has 3 heterocycles. The molecule has 3 aromatic rings. The number of nitrogens with one attached hydrogen (secondary N) is 1. The van der Waals surface area contributed by atoms with Gasteiger partial charge in [0.1, 0.15) is 11.4 Å². The van der Waals surface area contributed by atoms with Gasteiger partial charge in [-0.25, -0.2) is 4.79 Å². The van der Waals surface area contributed by atoms with Gasteiger partial charge in [-0.3, -0.25) is 0 Å². The lowest BCUT2D eigenvalue weighted by molar-refractivity contribution is -0.164. The SMILES string of the molecule is CCOC(=O)c1cc2cc(-c3noc(C(C)=CC=C(C(C)C(F)(F)F)N4CCCCC4C)n3)c(OC)cc2[nH]1. The number of methoxy groups -OCH3 is 1. The van der Waals surface area contributed by atoms with E-state index in [-0.39, 0.29) is 30.1 Å². The maximum atomic E-state index is 13.7. The maximum Gasteiger partial charge on any atom is 0.396 e. The van der Waals surface area contributed by atoms with Crippen LogP contribution in [0.5, 0.6) is 5.75 Å². The second-order valence-electron chi connectivity index (χ2n) is 9.71. The molecule has 1 aromatic carbocycles. The molecule has 1 N–H and O–H groups in total. The number of ether oxygens (including phenoxy) is 2. The van der Waals surface area contributed by atoms with Crippen LogP contribution < -0.4 is 4.74 Å². The van der Waals surface area contributed by atoms with Crippen LogP contribution in [0.25, 0.3) is 27.9 Å². The number of allylic oxidation sites excluding steroid dienone is 4. The summed E-state index contributed by atoms with van der Waals surface area (Å²) in [7, 11) is 1.50. The molecule has 0 saturated carbocycles. The summed E-state index contributed by atoms with van der Waals surface area (Å²) < 4.78 is 57.2. The van der Waals surface area contributed by atoms with Gasteiger partial charge in [-0.1, -0.05) is 11.2 Å². The summed E-state index contributed by atoms with van der Waals surface area (Å²) in [6.45, 7) is 7.43. The monoisotopic (exact) mass is 546 g/mol. The smallest absolute Gasteiger partial charge is 0.396 e. The van der Waals surface area contributed by atoms with E-state index in [4.69, 9.17) is 14.0 Å². The minimum Gasteiger partial charge on any atom is -0.496 e. The van der Waals surface area contributed by atoms with Crippen molar-refractivity contribution >= 4 is 22.4 Å².